The molecule has 0 aliphatic heterocycles. The zero-order valence-corrected chi connectivity index (χ0v) is 12.7. The Balaban J connectivity index is 1.95. The summed E-state index contributed by atoms with van der Waals surface area (Å²) in [5.41, 5.74) is 6.31. The van der Waals surface area contributed by atoms with Crippen molar-refractivity contribution in [2.45, 2.75) is 31.2 Å². The van der Waals surface area contributed by atoms with Crippen LogP contribution in [0.1, 0.15) is 22.7 Å². The number of hydrogen-bond acceptors (Lipinski definition) is 6. The van der Waals surface area contributed by atoms with Crippen LogP contribution in [0.4, 0.5) is 0 Å². The van der Waals surface area contributed by atoms with E-state index in [1.165, 1.54) is 17.7 Å². The first kappa shape index (κ1) is 15.1. The van der Waals surface area contributed by atoms with E-state index in [9.17, 15) is 8.42 Å². The lowest BCUT2D eigenvalue weighted by Gasteiger charge is -2.08. The van der Waals surface area contributed by atoms with Gasteiger partial charge in [0.05, 0.1) is 0 Å². The molecule has 7 nitrogen and oxygen atoms in total. The van der Waals surface area contributed by atoms with E-state index in [1.807, 2.05) is 5.38 Å². The van der Waals surface area contributed by atoms with Gasteiger partial charge in [0.2, 0.25) is 10.0 Å². The Hall–Kier alpha value is -1.29. The SMILES string of the molecule is Cc1csc(CN)c1S(=O)(=O)NCCCc1ncn[nH]1. The van der Waals surface area contributed by atoms with E-state index in [0.29, 0.717) is 29.2 Å². The molecule has 0 aromatic carbocycles. The minimum Gasteiger partial charge on any atom is -0.326 e. The van der Waals surface area contributed by atoms with Crippen LogP contribution in [0.25, 0.3) is 0 Å². The van der Waals surface area contributed by atoms with Gasteiger partial charge < -0.3 is 5.73 Å². The van der Waals surface area contributed by atoms with E-state index in [4.69, 9.17) is 5.73 Å². The predicted octanol–water partition coefficient (Wildman–Crippen LogP) is 0.544. The molecule has 2 heterocycles. The average Bonchev–Trinajstić information content (AvgIpc) is 3.03. The second-order valence-electron chi connectivity index (χ2n) is 4.31. The molecule has 9 heteroatoms. The monoisotopic (exact) mass is 315 g/mol. The maximum atomic E-state index is 12.3. The molecule has 110 valence electrons. The molecule has 0 radical (unpaired) electrons. The van der Waals surface area contributed by atoms with Crippen LogP contribution in [0.15, 0.2) is 16.6 Å². The van der Waals surface area contributed by atoms with E-state index in [-0.39, 0.29) is 6.54 Å². The summed E-state index contributed by atoms with van der Waals surface area (Å²) in [6.07, 6.45) is 2.73. The van der Waals surface area contributed by atoms with Crippen molar-refractivity contribution in [1.29, 1.82) is 0 Å². The fourth-order valence-corrected chi connectivity index (χ4v) is 4.65. The summed E-state index contributed by atoms with van der Waals surface area (Å²) < 4.78 is 27.1. The molecule has 2 aromatic rings. The molecular weight excluding hydrogens is 298 g/mol. The molecule has 0 aliphatic carbocycles. The number of aromatic amines is 1. The first-order valence-electron chi connectivity index (χ1n) is 6.15. The molecular formula is C11H17N5O2S2. The maximum Gasteiger partial charge on any atom is 0.241 e. The third-order valence-corrected chi connectivity index (χ3v) is 5.74. The van der Waals surface area contributed by atoms with Crippen molar-refractivity contribution in [1.82, 2.24) is 19.9 Å². The Kier molecular flexibility index (Phi) is 4.86. The molecule has 0 saturated carbocycles. The van der Waals surface area contributed by atoms with Crippen LogP contribution in [-0.2, 0) is 23.0 Å². The zero-order chi connectivity index (χ0) is 14.6. The summed E-state index contributed by atoms with van der Waals surface area (Å²) in [4.78, 5) is 4.99. The highest BCUT2D eigenvalue weighted by Crippen LogP contribution is 2.26. The Labute approximate surface area is 121 Å². The molecule has 0 bridgehead atoms. The van der Waals surface area contributed by atoms with Crippen molar-refractivity contribution in [2.24, 2.45) is 5.73 Å². The quantitative estimate of drug-likeness (QED) is 0.645. The number of nitrogens with zero attached hydrogens (tertiary/aromatic N) is 2. The molecule has 0 unspecified atom stereocenters. The number of hydrogen-bond donors (Lipinski definition) is 3. The lowest BCUT2D eigenvalue weighted by Crippen LogP contribution is -2.26. The topological polar surface area (TPSA) is 114 Å². The van der Waals surface area contributed by atoms with Crippen molar-refractivity contribution in [3.05, 3.63) is 28.0 Å². The Morgan fingerprint density at radius 2 is 2.30 bits per heavy atom. The van der Waals surface area contributed by atoms with Crippen molar-refractivity contribution in [3.8, 4) is 0 Å². The van der Waals surface area contributed by atoms with Crippen molar-refractivity contribution >= 4 is 21.4 Å². The van der Waals surface area contributed by atoms with Gasteiger partial charge in [0.15, 0.2) is 0 Å². The van der Waals surface area contributed by atoms with E-state index in [2.05, 4.69) is 19.9 Å². The number of aryl methyl sites for hydroxylation is 2. The molecule has 0 spiro atoms. The Morgan fingerprint density at radius 3 is 2.95 bits per heavy atom. The van der Waals surface area contributed by atoms with Gasteiger partial charge in [0.1, 0.15) is 17.0 Å². The molecule has 2 aromatic heterocycles. The van der Waals surface area contributed by atoms with E-state index in [0.717, 1.165) is 11.4 Å². The molecule has 4 N–H and O–H groups in total. The van der Waals surface area contributed by atoms with Gasteiger partial charge in [-0.3, -0.25) is 5.10 Å². The van der Waals surface area contributed by atoms with Crippen molar-refractivity contribution in [2.75, 3.05) is 6.54 Å². The third kappa shape index (κ3) is 3.42. The molecule has 20 heavy (non-hydrogen) atoms. The normalized spacial score (nSPS) is 11.9. The molecule has 0 amide bonds. The van der Waals surface area contributed by atoms with Crippen LogP contribution in [0.2, 0.25) is 0 Å². The first-order chi connectivity index (χ1) is 9.54. The van der Waals surface area contributed by atoms with Gasteiger partial charge in [0, 0.05) is 24.4 Å². The minimum absolute atomic E-state index is 0.229. The number of thiophene rings is 1. The first-order valence-corrected chi connectivity index (χ1v) is 8.52. The summed E-state index contributed by atoms with van der Waals surface area (Å²) in [6, 6.07) is 0. The largest absolute Gasteiger partial charge is 0.326 e. The van der Waals surface area contributed by atoms with Crippen LogP contribution >= 0.6 is 11.3 Å². The number of H-pyrrole nitrogens is 1. The number of nitrogens with one attached hydrogen (secondary N) is 2. The minimum atomic E-state index is -3.50. The van der Waals surface area contributed by atoms with Gasteiger partial charge in [-0.25, -0.2) is 18.1 Å². The maximum absolute atomic E-state index is 12.3. The van der Waals surface area contributed by atoms with Gasteiger partial charge >= 0.3 is 0 Å². The highest BCUT2D eigenvalue weighted by Gasteiger charge is 2.21. The summed E-state index contributed by atoms with van der Waals surface area (Å²) in [5.74, 6) is 0.749. The molecule has 0 saturated heterocycles. The highest BCUT2D eigenvalue weighted by atomic mass is 32.2. The van der Waals surface area contributed by atoms with Gasteiger partial charge in [-0.05, 0) is 24.3 Å². The average molecular weight is 315 g/mol. The summed E-state index contributed by atoms with van der Waals surface area (Å²) in [5, 5.41) is 8.28. The zero-order valence-electron chi connectivity index (χ0n) is 11.1. The van der Waals surface area contributed by atoms with E-state index >= 15 is 0 Å². The van der Waals surface area contributed by atoms with Crippen LogP contribution in [0.3, 0.4) is 0 Å². The van der Waals surface area contributed by atoms with Crippen LogP contribution in [0.5, 0.6) is 0 Å². The van der Waals surface area contributed by atoms with Gasteiger partial charge in [-0.1, -0.05) is 0 Å². The number of nitrogens with two attached hydrogens (primary N) is 1. The lowest BCUT2D eigenvalue weighted by molar-refractivity contribution is 0.577. The number of sulfonamides is 1. The number of rotatable bonds is 7. The van der Waals surface area contributed by atoms with Crippen LogP contribution in [-0.4, -0.2) is 30.1 Å². The van der Waals surface area contributed by atoms with Crippen LogP contribution < -0.4 is 10.5 Å². The fraction of sp³-hybridized carbons (Fsp3) is 0.455. The molecule has 0 aliphatic rings. The second kappa shape index (κ2) is 6.44. The van der Waals surface area contributed by atoms with Crippen LogP contribution in [0, 0.1) is 6.92 Å². The van der Waals surface area contributed by atoms with Crippen molar-refractivity contribution < 1.29 is 8.42 Å². The van der Waals surface area contributed by atoms with Crippen molar-refractivity contribution in [3.63, 3.8) is 0 Å². The Bertz CT molecular complexity index is 648. The molecule has 0 fully saturated rings. The fourth-order valence-electron chi connectivity index (χ4n) is 1.87. The van der Waals surface area contributed by atoms with Gasteiger partial charge in [0.25, 0.3) is 0 Å². The molecule has 2 rings (SSSR count). The summed E-state index contributed by atoms with van der Waals surface area (Å²) >= 11 is 1.37. The second-order valence-corrected chi connectivity index (χ2v) is 6.98. The van der Waals surface area contributed by atoms with E-state index in [1.54, 1.807) is 6.92 Å². The summed E-state index contributed by atoms with van der Waals surface area (Å²) in [7, 11) is -3.50. The van der Waals surface area contributed by atoms with Gasteiger partial charge in [-0.2, -0.15) is 5.10 Å². The Morgan fingerprint density at radius 1 is 1.50 bits per heavy atom. The summed E-state index contributed by atoms with van der Waals surface area (Å²) in [6.45, 7) is 2.36. The number of aromatic nitrogens is 3. The van der Waals surface area contributed by atoms with Gasteiger partial charge in [-0.15, -0.1) is 11.3 Å². The predicted molar refractivity (Wildman–Crippen MR) is 76.8 cm³/mol. The highest BCUT2D eigenvalue weighted by molar-refractivity contribution is 7.89. The van der Waals surface area contributed by atoms with E-state index < -0.39 is 10.0 Å². The smallest absolute Gasteiger partial charge is 0.241 e. The molecule has 0 atom stereocenters. The third-order valence-electron chi connectivity index (χ3n) is 2.79. The lowest BCUT2D eigenvalue weighted by atomic mass is 10.3. The standard InChI is InChI=1S/C11H17N5O2S2/c1-8-6-19-9(5-12)11(8)20(17,18)15-4-2-3-10-13-7-14-16-10/h6-7,15H,2-5,12H2,1H3,(H,13,14,16).